The van der Waals surface area contributed by atoms with Gasteiger partial charge in [0.25, 0.3) is 5.91 Å². The number of hydrogen-bond donors (Lipinski definition) is 1. The van der Waals surface area contributed by atoms with Crippen molar-refractivity contribution in [3.8, 4) is 0 Å². The maximum Gasteiger partial charge on any atom is 0.251 e. The molecule has 4 heteroatoms. The van der Waals surface area contributed by atoms with Crippen LogP contribution in [0.25, 0.3) is 0 Å². The number of hydrogen-bond acceptors (Lipinski definition) is 2. The zero-order valence-electron chi connectivity index (χ0n) is 17.5. The molecule has 154 valence electrons. The van der Waals surface area contributed by atoms with E-state index in [9.17, 15) is 9.59 Å². The molecular weight excluding hydrogens is 372 g/mol. The number of benzene rings is 3. The molecule has 0 aliphatic carbocycles. The second-order valence-corrected chi connectivity index (χ2v) is 7.73. The number of nitrogens with one attached hydrogen (secondary N) is 1. The van der Waals surface area contributed by atoms with Crippen molar-refractivity contribution in [3.63, 3.8) is 0 Å². The fourth-order valence-electron chi connectivity index (χ4n) is 3.34. The van der Waals surface area contributed by atoms with E-state index >= 15 is 0 Å². The molecule has 0 aliphatic rings. The van der Waals surface area contributed by atoms with Crippen LogP contribution >= 0.6 is 0 Å². The van der Waals surface area contributed by atoms with Gasteiger partial charge >= 0.3 is 0 Å². The fraction of sp³-hybridized carbons (Fsp3) is 0.231. The van der Waals surface area contributed by atoms with Crippen molar-refractivity contribution in [2.75, 3.05) is 0 Å². The Bertz CT molecular complexity index is 899. The Morgan fingerprint density at radius 3 is 1.60 bits per heavy atom. The molecule has 2 amide bonds. The standard InChI is InChI=1S/C26H28N2O2/c1-20(2)24(27-25(29)23-16-10-5-11-17-23)26(30)28(18-21-12-6-3-7-13-21)19-22-14-8-4-9-15-22/h3-17,20,24H,18-19H2,1-2H3,(H,27,29). The van der Waals surface area contributed by atoms with Crippen LogP contribution in [0.3, 0.4) is 0 Å². The molecule has 0 aromatic heterocycles. The minimum absolute atomic E-state index is 0.0424. The summed E-state index contributed by atoms with van der Waals surface area (Å²) in [6.07, 6.45) is 0. The largest absolute Gasteiger partial charge is 0.340 e. The van der Waals surface area contributed by atoms with Crippen LogP contribution in [0.1, 0.15) is 35.3 Å². The summed E-state index contributed by atoms with van der Waals surface area (Å²) in [4.78, 5) is 28.1. The Kier molecular flexibility index (Phi) is 7.39. The van der Waals surface area contributed by atoms with Crippen molar-refractivity contribution >= 4 is 11.8 Å². The van der Waals surface area contributed by atoms with Crippen molar-refractivity contribution in [1.82, 2.24) is 10.2 Å². The van der Waals surface area contributed by atoms with E-state index in [1.165, 1.54) is 0 Å². The molecule has 0 bridgehead atoms. The molecular formula is C26H28N2O2. The summed E-state index contributed by atoms with van der Waals surface area (Å²) in [7, 11) is 0. The average Bonchev–Trinajstić information content (AvgIpc) is 2.78. The highest BCUT2D eigenvalue weighted by Gasteiger charge is 2.29. The zero-order chi connectivity index (χ0) is 21.3. The first-order valence-corrected chi connectivity index (χ1v) is 10.3. The lowest BCUT2D eigenvalue weighted by atomic mass is 10.0. The monoisotopic (exact) mass is 400 g/mol. The third kappa shape index (κ3) is 5.80. The van der Waals surface area contributed by atoms with E-state index in [0.717, 1.165) is 11.1 Å². The molecule has 30 heavy (non-hydrogen) atoms. The van der Waals surface area contributed by atoms with Crippen LogP contribution in [0, 0.1) is 5.92 Å². The predicted octanol–water partition coefficient (Wildman–Crippen LogP) is 4.67. The van der Waals surface area contributed by atoms with Crippen LogP contribution < -0.4 is 5.32 Å². The van der Waals surface area contributed by atoms with E-state index in [1.54, 1.807) is 12.1 Å². The zero-order valence-corrected chi connectivity index (χ0v) is 17.5. The quantitative estimate of drug-likeness (QED) is 0.597. The number of rotatable bonds is 8. The van der Waals surface area contributed by atoms with Crippen molar-refractivity contribution in [2.45, 2.75) is 33.0 Å². The molecule has 0 aliphatic heterocycles. The number of carbonyl (C=O) groups excluding carboxylic acids is 2. The minimum Gasteiger partial charge on any atom is -0.340 e. The Hall–Kier alpha value is -3.40. The minimum atomic E-state index is -0.606. The maximum absolute atomic E-state index is 13.6. The summed E-state index contributed by atoms with van der Waals surface area (Å²) in [6.45, 7) is 4.88. The van der Waals surface area contributed by atoms with Crippen LogP contribution in [-0.4, -0.2) is 22.8 Å². The van der Waals surface area contributed by atoms with Gasteiger partial charge in [-0.25, -0.2) is 0 Å². The lowest BCUT2D eigenvalue weighted by Gasteiger charge is -2.30. The van der Waals surface area contributed by atoms with Gasteiger partial charge in [-0.3, -0.25) is 9.59 Å². The molecule has 1 N–H and O–H groups in total. The number of nitrogens with zero attached hydrogens (tertiary/aromatic N) is 1. The molecule has 0 heterocycles. The van der Waals surface area contributed by atoms with Crippen LogP contribution in [0.4, 0.5) is 0 Å². The molecule has 4 nitrogen and oxygen atoms in total. The first-order valence-electron chi connectivity index (χ1n) is 10.3. The fourth-order valence-corrected chi connectivity index (χ4v) is 3.34. The topological polar surface area (TPSA) is 49.4 Å². The molecule has 0 fully saturated rings. The summed E-state index contributed by atoms with van der Waals surface area (Å²) in [5, 5.41) is 2.95. The Balaban J connectivity index is 1.83. The van der Waals surface area contributed by atoms with Crippen LogP contribution in [0.2, 0.25) is 0 Å². The predicted molar refractivity (Wildman–Crippen MR) is 120 cm³/mol. The molecule has 3 rings (SSSR count). The summed E-state index contributed by atoms with van der Waals surface area (Å²) >= 11 is 0. The van der Waals surface area contributed by atoms with Crippen LogP contribution in [-0.2, 0) is 17.9 Å². The Morgan fingerprint density at radius 1 is 0.733 bits per heavy atom. The second-order valence-electron chi connectivity index (χ2n) is 7.73. The van der Waals surface area contributed by atoms with Gasteiger partial charge in [0.15, 0.2) is 0 Å². The van der Waals surface area contributed by atoms with Gasteiger partial charge in [0, 0.05) is 18.7 Å². The van der Waals surface area contributed by atoms with Crippen molar-refractivity contribution < 1.29 is 9.59 Å². The SMILES string of the molecule is CC(C)C(NC(=O)c1ccccc1)C(=O)N(Cc1ccccc1)Cc1ccccc1. The van der Waals surface area contributed by atoms with E-state index in [1.807, 2.05) is 97.6 Å². The molecule has 0 spiro atoms. The molecule has 3 aromatic rings. The summed E-state index contributed by atoms with van der Waals surface area (Å²) in [5.74, 6) is -0.358. The highest BCUT2D eigenvalue weighted by Crippen LogP contribution is 2.15. The maximum atomic E-state index is 13.6. The van der Waals surface area contributed by atoms with E-state index in [2.05, 4.69) is 5.32 Å². The van der Waals surface area contributed by atoms with E-state index in [-0.39, 0.29) is 17.7 Å². The Morgan fingerprint density at radius 2 is 1.17 bits per heavy atom. The third-order valence-electron chi connectivity index (χ3n) is 5.00. The van der Waals surface area contributed by atoms with Crippen LogP contribution in [0.5, 0.6) is 0 Å². The highest BCUT2D eigenvalue weighted by molar-refractivity contribution is 5.97. The summed E-state index contributed by atoms with van der Waals surface area (Å²) in [5.41, 5.74) is 2.66. The first kappa shape index (κ1) is 21.3. The van der Waals surface area contributed by atoms with Gasteiger partial charge in [-0.2, -0.15) is 0 Å². The van der Waals surface area contributed by atoms with Gasteiger partial charge in [-0.05, 0) is 29.2 Å². The van der Waals surface area contributed by atoms with E-state index in [0.29, 0.717) is 18.7 Å². The number of amides is 2. The van der Waals surface area contributed by atoms with Crippen molar-refractivity contribution in [3.05, 3.63) is 108 Å². The lowest BCUT2D eigenvalue weighted by Crippen LogP contribution is -2.50. The van der Waals surface area contributed by atoms with E-state index < -0.39 is 6.04 Å². The third-order valence-corrected chi connectivity index (χ3v) is 5.00. The van der Waals surface area contributed by atoms with Crippen molar-refractivity contribution in [1.29, 1.82) is 0 Å². The first-order chi connectivity index (χ1) is 14.5. The normalized spacial score (nSPS) is 11.7. The molecule has 0 saturated heterocycles. The lowest BCUT2D eigenvalue weighted by molar-refractivity contribution is -0.135. The summed E-state index contributed by atoms with van der Waals surface area (Å²) < 4.78 is 0. The summed E-state index contributed by atoms with van der Waals surface area (Å²) in [6, 6.07) is 28.3. The van der Waals surface area contributed by atoms with Gasteiger partial charge in [0.05, 0.1) is 0 Å². The van der Waals surface area contributed by atoms with E-state index in [4.69, 9.17) is 0 Å². The van der Waals surface area contributed by atoms with Gasteiger partial charge < -0.3 is 10.2 Å². The van der Waals surface area contributed by atoms with Crippen molar-refractivity contribution in [2.24, 2.45) is 5.92 Å². The second kappa shape index (κ2) is 10.4. The molecule has 0 radical (unpaired) electrons. The van der Waals surface area contributed by atoms with Gasteiger partial charge in [0.1, 0.15) is 6.04 Å². The molecule has 1 unspecified atom stereocenters. The molecule has 0 saturated carbocycles. The smallest absolute Gasteiger partial charge is 0.251 e. The molecule has 3 aromatic carbocycles. The highest BCUT2D eigenvalue weighted by atomic mass is 16.2. The number of carbonyl (C=O) groups is 2. The van der Waals surface area contributed by atoms with Gasteiger partial charge in [0.2, 0.25) is 5.91 Å². The Labute approximate surface area is 178 Å². The van der Waals surface area contributed by atoms with Crippen LogP contribution in [0.15, 0.2) is 91.0 Å². The average molecular weight is 401 g/mol. The van der Waals surface area contributed by atoms with Gasteiger partial charge in [-0.1, -0.05) is 92.7 Å². The van der Waals surface area contributed by atoms with Gasteiger partial charge in [-0.15, -0.1) is 0 Å². The molecule has 1 atom stereocenters.